The Labute approximate surface area is 107 Å². The highest BCUT2D eigenvalue weighted by Gasteiger charge is 2.05. The lowest BCUT2D eigenvalue weighted by molar-refractivity contribution is -0.137. The lowest BCUT2D eigenvalue weighted by Crippen LogP contribution is -2.02. The number of hydrogen-bond donors (Lipinski definition) is 0. The van der Waals surface area contributed by atoms with Gasteiger partial charge in [-0.2, -0.15) is 0 Å². The molecule has 0 bridgehead atoms. The van der Waals surface area contributed by atoms with Crippen LogP contribution < -0.4 is 0 Å². The van der Waals surface area contributed by atoms with Crippen LogP contribution in [0.1, 0.15) is 20.3 Å². The van der Waals surface area contributed by atoms with Gasteiger partial charge >= 0.3 is 5.97 Å². The molecule has 1 aromatic carbocycles. The fourth-order valence-corrected chi connectivity index (χ4v) is 2.30. The molecule has 0 aromatic heterocycles. The molecule has 0 N–H and O–H groups in total. The van der Waals surface area contributed by atoms with E-state index < -0.39 is 0 Å². The SMILES string of the molecule is CCOC(=O)/C=C/C(CC)Sc1ccccc1. The molecule has 0 heterocycles. The van der Waals surface area contributed by atoms with Gasteiger partial charge < -0.3 is 4.74 Å². The largest absolute Gasteiger partial charge is 0.463 e. The molecule has 0 aliphatic carbocycles. The molecule has 0 spiro atoms. The summed E-state index contributed by atoms with van der Waals surface area (Å²) in [4.78, 5) is 12.4. The van der Waals surface area contributed by atoms with Crippen molar-refractivity contribution in [2.75, 3.05) is 6.61 Å². The lowest BCUT2D eigenvalue weighted by atomic mass is 10.3. The van der Waals surface area contributed by atoms with Crippen LogP contribution in [0.25, 0.3) is 0 Å². The molecule has 3 heteroatoms. The van der Waals surface area contributed by atoms with Gasteiger partial charge in [-0.15, -0.1) is 11.8 Å². The molecule has 0 fully saturated rings. The number of rotatable bonds is 6. The van der Waals surface area contributed by atoms with Gasteiger partial charge in [-0.3, -0.25) is 0 Å². The van der Waals surface area contributed by atoms with Crippen molar-refractivity contribution in [1.82, 2.24) is 0 Å². The van der Waals surface area contributed by atoms with E-state index in [9.17, 15) is 4.79 Å². The molecule has 0 aliphatic heterocycles. The monoisotopic (exact) mass is 250 g/mol. The third-order valence-corrected chi connectivity index (χ3v) is 3.50. The van der Waals surface area contributed by atoms with Crippen molar-refractivity contribution in [2.45, 2.75) is 30.4 Å². The Morgan fingerprint density at radius 2 is 2.06 bits per heavy atom. The van der Waals surface area contributed by atoms with Crippen LogP contribution in [-0.4, -0.2) is 17.8 Å². The number of carbonyl (C=O) groups excluding carboxylic acids is 1. The number of ether oxygens (including phenoxy) is 1. The molecule has 0 saturated carbocycles. The van der Waals surface area contributed by atoms with Crippen molar-refractivity contribution in [3.63, 3.8) is 0 Å². The number of benzene rings is 1. The van der Waals surface area contributed by atoms with Crippen LogP contribution in [0.3, 0.4) is 0 Å². The molecular weight excluding hydrogens is 232 g/mol. The fraction of sp³-hybridized carbons (Fsp3) is 0.357. The standard InChI is InChI=1S/C14H18O2S/c1-3-12(10-11-14(15)16-4-2)17-13-8-6-5-7-9-13/h5-12H,3-4H2,1-2H3/b11-10+. The Kier molecular flexibility index (Phi) is 6.48. The van der Waals surface area contributed by atoms with E-state index in [2.05, 4.69) is 19.1 Å². The van der Waals surface area contributed by atoms with Gasteiger partial charge in [-0.1, -0.05) is 31.2 Å². The maximum Gasteiger partial charge on any atom is 0.330 e. The van der Waals surface area contributed by atoms with E-state index in [1.165, 1.54) is 11.0 Å². The van der Waals surface area contributed by atoms with Gasteiger partial charge in [0.25, 0.3) is 0 Å². The highest BCUT2D eigenvalue weighted by molar-refractivity contribution is 8.00. The summed E-state index contributed by atoms with van der Waals surface area (Å²) in [7, 11) is 0. The van der Waals surface area contributed by atoms with Gasteiger partial charge in [-0.25, -0.2) is 4.79 Å². The summed E-state index contributed by atoms with van der Waals surface area (Å²) in [6.45, 7) is 4.34. The summed E-state index contributed by atoms with van der Waals surface area (Å²) in [6.07, 6.45) is 4.42. The zero-order valence-electron chi connectivity index (χ0n) is 10.3. The minimum atomic E-state index is -0.264. The van der Waals surface area contributed by atoms with Crippen LogP contribution in [0.2, 0.25) is 0 Å². The summed E-state index contributed by atoms with van der Waals surface area (Å²) in [5, 5.41) is 0.307. The van der Waals surface area contributed by atoms with E-state index in [0.717, 1.165) is 6.42 Å². The molecule has 2 nitrogen and oxygen atoms in total. The van der Waals surface area contributed by atoms with Crippen LogP contribution in [0.15, 0.2) is 47.4 Å². The maximum absolute atomic E-state index is 11.2. The minimum absolute atomic E-state index is 0.264. The van der Waals surface area contributed by atoms with E-state index in [-0.39, 0.29) is 5.97 Å². The van der Waals surface area contributed by atoms with Crippen LogP contribution in [0, 0.1) is 0 Å². The summed E-state index contributed by atoms with van der Waals surface area (Å²) < 4.78 is 4.85. The highest BCUT2D eigenvalue weighted by Crippen LogP contribution is 2.25. The molecule has 1 rings (SSSR count). The summed E-state index contributed by atoms with van der Waals surface area (Å²) in [6, 6.07) is 10.2. The smallest absolute Gasteiger partial charge is 0.330 e. The third kappa shape index (κ3) is 5.59. The second-order valence-electron chi connectivity index (χ2n) is 3.49. The van der Waals surface area contributed by atoms with Crippen molar-refractivity contribution in [3.05, 3.63) is 42.5 Å². The number of hydrogen-bond acceptors (Lipinski definition) is 3. The molecule has 92 valence electrons. The Bertz CT molecular complexity index is 360. The van der Waals surface area contributed by atoms with Gasteiger partial charge in [0, 0.05) is 16.2 Å². The van der Waals surface area contributed by atoms with Gasteiger partial charge in [-0.05, 0) is 25.5 Å². The summed E-state index contributed by atoms with van der Waals surface area (Å²) >= 11 is 1.75. The molecule has 1 atom stereocenters. The normalized spacial score (nSPS) is 12.6. The Balaban J connectivity index is 2.52. The average molecular weight is 250 g/mol. The number of esters is 1. The first-order chi connectivity index (χ1) is 8.26. The number of carbonyl (C=O) groups is 1. The quantitative estimate of drug-likeness (QED) is 0.438. The van der Waals surface area contributed by atoms with Crippen LogP contribution in [0.5, 0.6) is 0 Å². The Hall–Kier alpha value is -1.22. The van der Waals surface area contributed by atoms with Crippen molar-refractivity contribution in [1.29, 1.82) is 0 Å². The molecule has 0 saturated heterocycles. The summed E-state index contributed by atoms with van der Waals surface area (Å²) in [5.74, 6) is -0.264. The van der Waals surface area contributed by atoms with Crippen molar-refractivity contribution in [2.24, 2.45) is 0 Å². The second kappa shape index (κ2) is 7.96. The maximum atomic E-state index is 11.2. The predicted molar refractivity (Wildman–Crippen MR) is 72.2 cm³/mol. The van der Waals surface area contributed by atoms with E-state index in [1.807, 2.05) is 31.2 Å². The molecular formula is C14H18O2S. The molecule has 17 heavy (non-hydrogen) atoms. The first-order valence-corrected chi connectivity index (χ1v) is 6.70. The van der Waals surface area contributed by atoms with E-state index in [4.69, 9.17) is 4.74 Å². The molecule has 1 unspecified atom stereocenters. The highest BCUT2D eigenvalue weighted by atomic mass is 32.2. The van der Waals surface area contributed by atoms with Crippen molar-refractivity contribution in [3.8, 4) is 0 Å². The molecule has 0 aliphatic rings. The molecule has 0 radical (unpaired) electrons. The number of thioether (sulfide) groups is 1. The van der Waals surface area contributed by atoms with Gasteiger partial charge in [0.05, 0.1) is 6.61 Å². The zero-order chi connectivity index (χ0) is 12.5. The minimum Gasteiger partial charge on any atom is -0.463 e. The van der Waals surface area contributed by atoms with Crippen molar-refractivity contribution >= 4 is 17.7 Å². The Morgan fingerprint density at radius 3 is 2.65 bits per heavy atom. The first-order valence-electron chi connectivity index (χ1n) is 5.83. The van der Waals surface area contributed by atoms with E-state index >= 15 is 0 Å². The molecule has 1 aromatic rings. The van der Waals surface area contributed by atoms with E-state index in [0.29, 0.717) is 11.9 Å². The third-order valence-electron chi connectivity index (χ3n) is 2.17. The van der Waals surface area contributed by atoms with Gasteiger partial charge in [0.2, 0.25) is 0 Å². The molecule has 0 amide bonds. The van der Waals surface area contributed by atoms with Crippen LogP contribution >= 0.6 is 11.8 Å². The first kappa shape index (κ1) is 13.8. The second-order valence-corrected chi connectivity index (χ2v) is 4.80. The Morgan fingerprint density at radius 1 is 1.35 bits per heavy atom. The lowest BCUT2D eigenvalue weighted by Gasteiger charge is -2.09. The van der Waals surface area contributed by atoms with Gasteiger partial charge in [0.15, 0.2) is 0 Å². The summed E-state index contributed by atoms with van der Waals surface area (Å²) in [5.41, 5.74) is 0. The van der Waals surface area contributed by atoms with Gasteiger partial charge in [0.1, 0.15) is 0 Å². The predicted octanol–water partition coefficient (Wildman–Crippen LogP) is 3.68. The average Bonchev–Trinajstić information content (AvgIpc) is 2.36. The van der Waals surface area contributed by atoms with Crippen molar-refractivity contribution < 1.29 is 9.53 Å². The fourth-order valence-electron chi connectivity index (χ4n) is 1.31. The zero-order valence-corrected chi connectivity index (χ0v) is 11.1. The van der Waals surface area contributed by atoms with Crippen LogP contribution in [-0.2, 0) is 9.53 Å². The van der Waals surface area contributed by atoms with Crippen LogP contribution in [0.4, 0.5) is 0 Å². The topological polar surface area (TPSA) is 26.3 Å². The van der Waals surface area contributed by atoms with E-state index in [1.54, 1.807) is 11.8 Å².